The summed E-state index contributed by atoms with van der Waals surface area (Å²) in [5, 5.41) is 0. The topological polar surface area (TPSA) is 52.6 Å². The molecule has 1 aliphatic rings. The largest absolute Gasteiger partial charge is 0.457 e. The van der Waals surface area contributed by atoms with E-state index in [4.69, 9.17) is 9.47 Å². The van der Waals surface area contributed by atoms with E-state index in [2.05, 4.69) is 0 Å². The van der Waals surface area contributed by atoms with Crippen molar-refractivity contribution in [3.05, 3.63) is 47.5 Å². The summed E-state index contributed by atoms with van der Waals surface area (Å²) in [6.07, 6.45) is 3.26. The molecule has 0 saturated carbocycles. The van der Waals surface area contributed by atoms with Gasteiger partial charge in [-0.25, -0.2) is 4.79 Å². The predicted octanol–water partition coefficient (Wildman–Crippen LogP) is 3.16. The van der Waals surface area contributed by atoms with E-state index >= 15 is 0 Å². The Labute approximate surface area is 124 Å². The van der Waals surface area contributed by atoms with Gasteiger partial charge in [0, 0.05) is 18.4 Å². The molecule has 21 heavy (non-hydrogen) atoms. The lowest BCUT2D eigenvalue weighted by Gasteiger charge is -2.19. The molecule has 0 aromatic heterocycles. The van der Waals surface area contributed by atoms with Crippen LogP contribution in [0.15, 0.2) is 42.0 Å². The number of hydrogen-bond donors (Lipinski definition) is 0. The maximum atomic E-state index is 12.1. The number of cyclic esters (lactones) is 1. The highest BCUT2D eigenvalue weighted by Gasteiger charge is 2.34. The molecule has 4 heteroatoms. The Kier molecular flexibility index (Phi) is 4.78. The van der Waals surface area contributed by atoms with Crippen LogP contribution in [0.3, 0.4) is 0 Å². The molecule has 1 aromatic carbocycles. The fourth-order valence-corrected chi connectivity index (χ4v) is 2.30. The molecule has 0 bridgehead atoms. The van der Waals surface area contributed by atoms with Crippen molar-refractivity contribution in [1.82, 2.24) is 0 Å². The molecule has 1 saturated heterocycles. The molecule has 1 aromatic rings. The molecule has 0 aliphatic carbocycles. The van der Waals surface area contributed by atoms with Gasteiger partial charge in [-0.1, -0.05) is 37.3 Å². The highest BCUT2D eigenvalue weighted by Crippen LogP contribution is 2.29. The minimum absolute atomic E-state index is 0.221. The van der Waals surface area contributed by atoms with Crippen LogP contribution in [-0.2, 0) is 25.7 Å². The third-order valence-electron chi connectivity index (χ3n) is 3.51. The summed E-state index contributed by atoms with van der Waals surface area (Å²) in [4.78, 5) is 23.4. The first kappa shape index (κ1) is 15.3. The molecule has 0 amide bonds. The Bertz CT molecular complexity index is 547. The molecular weight excluding hydrogens is 268 g/mol. The Morgan fingerprint density at radius 1 is 1.38 bits per heavy atom. The Morgan fingerprint density at radius 2 is 2.10 bits per heavy atom. The first-order chi connectivity index (χ1) is 10.0. The summed E-state index contributed by atoms with van der Waals surface area (Å²) < 4.78 is 10.6. The van der Waals surface area contributed by atoms with Crippen LogP contribution in [0.1, 0.15) is 38.7 Å². The van der Waals surface area contributed by atoms with Gasteiger partial charge in [0.1, 0.15) is 12.2 Å². The number of esters is 2. The van der Waals surface area contributed by atoms with Crippen LogP contribution in [0.25, 0.3) is 0 Å². The van der Waals surface area contributed by atoms with Gasteiger partial charge in [-0.2, -0.15) is 0 Å². The molecule has 0 spiro atoms. The van der Waals surface area contributed by atoms with E-state index in [0.29, 0.717) is 24.8 Å². The summed E-state index contributed by atoms with van der Waals surface area (Å²) >= 11 is 0. The van der Waals surface area contributed by atoms with Gasteiger partial charge < -0.3 is 9.47 Å². The van der Waals surface area contributed by atoms with Crippen molar-refractivity contribution >= 4 is 11.9 Å². The predicted molar refractivity (Wildman–Crippen MR) is 78.3 cm³/mol. The van der Waals surface area contributed by atoms with Crippen LogP contribution >= 0.6 is 0 Å². The van der Waals surface area contributed by atoms with E-state index in [1.165, 1.54) is 0 Å². The van der Waals surface area contributed by atoms with E-state index < -0.39 is 5.60 Å². The second kappa shape index (κ2) is 6.57. The summed E-state index contributed by atoms with van der Waals surface area (Å²) in [7, 11) is 0. The second-order valence-electron chi connectivity index (χ2n) is 5.37. The average molecular weight is 288 g/mol. The van der Waals surface area contributed by atoms with Gasteiger partial charge >= 0.3 is 11.9 Å². The van der Waals surface area contributed by atoms with E-state index in [9.17, 15) is 9.59 Å². The Morgan fingerprint density at radius 3 is 2.67 bits per heavy atom. The van der Waals surface area contributed by atoms with Gasteiger partial charge in [-0.05, 0) is 25.0 Å². The van der Waals surface area contributed by atoms with Crippen LogP contribution in [0.5, 0.6) is 0 Å². The molecule has 1 aliphatic heterocycles. The number of rotatable bonds is 5. The van der Waals surface area contributed by atoms with Gasteiger partial charge in [0.2, 0.25) is 0 Å². The zero-order chi connectivity index (χ0) is 15.3. The molecule has 0 unspecified atom stereocenters. The molecule has 0 N–H and O–H groups in total. The van der Waals surface area contributed by atoms with Crippen molar-refractivity contribution in [2.24, 2.45) is 0 Å². The van der Waals surface area contributed by atoms with Gasteiger partial charge in [0.05, 0.1) is 0 Å². The monoisotopic (exact) mass is 288 g/mol. The fraction of sp³-hybridized carbons (Fsp3) is 0.412. The van der Waals surface area contributed by atoms with Crippen LogP contribution in [0.4, 0.5) is 0 Å². The molecule has 1 atom stereocenters. The third-order valence-corrected chi connectivity index (χ3v) is 3.51. The van der Waals surface area contributed by atoms with Gasteiger partial charge in [-0.15, -0.1) is 0 Å². The highest BCUT2D eigenvalue weighted by atomic mass is 16.6. The van der Waals surface area contributed by atoms with Crippen LogP contribution in [0.2, 0.25) is 0 Å². The Balaban J connectivity index is 2.00. The highest BCUT2D eigenvalue weighted by molar-refractivity contribution is 5.88. The number of hydrogen-bond acceptors (Lipinski definition) is 4. The number of ether oxygens (including phenoxy) is 2. The maximum absolute atomic E-state index is 12.1. The lowest BCUT2D eigenvalue weighted by atomic mass is 9.98. The molecule has 4 nitrogen and oxygen atoms in total. The number of benzene rings is 1. The third kappa shape index (κ3) is 4.18. The second-order valence-corrected chi connectivity index (χ2v) is 5.37. The van der Waals surface area contributed by atoms with Crippen molar-refractivity contribution in [3.63, 3.8) is 0 Å². The molecule has 0 radical (unpaired) electrons. The van der Waals surface area contributed by atoms with Crippen LogP contribution in [-0.4, -0.2) is 17.5 Å². The standard InChI is InChI=1S/C17H20O4/c1-3-14(11-17(2)10-9-15(18)21-17)16(19)20-12-13-7-5-4-6-8-13/h4-8,11H,3,9-10,12H2,1-2H3/b14-11+/t17-/m1/s1. The molecule has 1 heterocycles. The van der Waals surface area contributed by atoms with Crippen LogP contribution in [0, 0.1) is 0 Å². The average Bonchev–Trinajstić information content (AvgIpc) is 2.83. The number of carbonyl (C=O) groups is 2. The minimum Gasteiger partial charge on any atom is -0.457 e. The lowest BCUT2D eigenvalue weighted by Crippen LogP contribution is -2.23. The first-order valence-corrected chi connectivity index (χ1v) is 7.17. The van der Waals surface area contributed by atoms with Crippen molar-refractivity contribution in [2.75, 3.05) is 0 Å². The summed E-state index contributed by atoms with van der Waals surface area (Å²) in [6, 6.07) is 9.53. The summed E-state index contributed by atoms with van der Waals surface area (Å²) in [6.45, 7) is 3.95. The van der Waals surface area contributed by atoms with Crippen molar-refractivity contribution in [2.45, 2.75) is 45.3 Å². The van der Waals surface area contributed by atoms with E-state index in [1.54, 1.807) is 6.08 Å². The zero-order valence-electron chi connectivity index (χ0n) is 12.4. The first-order valence-electron chi connectivity index (χ1n) is 7.17. The van der Waals surface area contributed by atoms with E-state index in [0.717, 1.165) is 5.56 Å². The Hall–Kier alpha value is -2.10. The minimum atomic E-state index is -0.686. The van der Waals surface area contributed by atoms with Crippen molar-refractivity contribution in [3.8, 4) is 0 Å². The molecule has 1 fully saturated rings. The smallest absolute Gasteiger partial charge is 0.334 e. The molecular formula is C17H20O4. The fourth-order valence-electron chi connectivity index (χ4n) is 2.30. The van der Waals surface area contributed by atoms with Crippen molar-refractivity contribution in [1.29, 1.82) is 0 Å². The molecule has 112 valence electrons. The summed E-state index contributed by atoms with van der Waals surface area (Å²) in [5.41, 5.74) is 0.803. The van der Waals surface area contributed by atoms with Gasteiger partial charge in [0.25, 0.3) is 0 Å². The van der Waals surface area contributed by atoms with E-state index in [1.807, 2.05) is 44.2 Å². The van der Waals surface area contributed by atoms with E-state index in [-0.39, 0.29) is 18.5 Å². The maximum Gasteiger partial charge on any atom is 0.334 e. The van der Waals surface area contributed by atoms with Crippen molar-refractivity contribution < 1.29 is 19.1 Å². The zero-order valence-corrected chi connectivity index (χ0v) is 12.4. The normalized spacial score (nSPS) is 22.0. The van der Waals surface area contributed by atoms with Gasteiger partial charge in [0.15, 0.2) is 0 Å². The molecule has 2 rings (SSSR count). The lowest BCUT2D eigenvalue weighted by molar-refractivity contribution is -0.145. The number of carbonyl (C=O) groups excluding carboxylic acids is 2. The van der Waals surface area contributed by atoms with Gasteiger partial charge in [-0.3, -0.25) is 4.79 Å². The quantitative estimate of drug-likeness (QED) is 0.617. The van der Waals surface area contributed by atoms with Crippen LogP contribution < -0.4 is 0 Å². The summed E-state index contributed by atoms with van der Waals surface area (Å²) in [5.74, 6) is -0.576. The SMILES string of the molecule is CC/C(=C\[C@@]1(C)CCC(=O)O1)C(=O)OCc1ccccc1.